The van der Waals surface area contributed by atoms with Crippen LogP contribution in [-0.4, -0.2) is 45.3 Å². The van der Waals surface area contributed by atoms with E-state index in [0.717, 1.165) is 11.0 Å². The van der Waals surface area contributed by atoms with Crippen molar-refractivity contribution in [2.75, 3.05) is 12.4 Å². The Bertz CT molecular complexity index is 629. The Labute approximate surface area is 124 Å². The first-order valence-electron chi connectivity index (χ1n) is 7.87. The summed E-state index contributed by atoms with van der Waals surface area (Å²) in [5, 5.41) is 12.0. The van der Waals surface area contributed by atoms with Crippen LogP contribution in [0.15, 0.2) is 24.3 Å². The molecule has 1 aromatic heterocycles. The van der Waals surface area contributed by atoms with Crippen LogP contribution in [-0.2, 0) is 0 Å². The Morgan fingerprint density at radius 2 is 1.76 bits per heavy atom. The fourth-order valence-electron chi connectivity index (χ4n) is 3.86. The number of aromatic nitrogens is 3. The number of piperidine rings is 2. The number of nitrogens with one attached hydrogen (secondary N) is 1. The van der Waals surface area contributed by atoms with Gasteiger partial charge in [0.15, 0.2) is 0 Å². The highest BCUT2D eigenvalue weighted by Crippen LogP contribution is 2.33. The molecule has 1 aromatic carbocycles. The molecule has 4 rings (SSSR count). The van der Waals surface area contributed by atoms with E-state index in [4.69, 9.17) is 0 Å². The van der Waals surface area contributed by atoms with E-state index in [9.17, 15) is 0 Å². The van der Waals surface area contributed by atoms with Gasteiger partial charge in [0.05, 0.1) is 5.52 Å². The topological polar surface area (TPSA) is 53.9 Å². The average molecular weight is 283 g/mol. The van der Waals surface area contributed by atoms with E-state index in [1.54, 1.807) is 0 Å². The van der Waals surface area contributed by atoms with Crippen molar-refractivity contribution in [2.45, 2.75) is 50.2 Å². The van der Waals surface area contributed by atoms with Crippen molar-refractivity contribution in [1.29, 1.82) is 0 Å². The third-order valence-corrected chi connectivity index (χ3v) is 5.03. The number of anilines is 1. The van der Waals surface area contributed by atoms with Crippen molar-refractivity contribution in [3.8, 4) is 0 Å². The zero-order valence-electron chi connectivity index (χ0n) is 12.4. The first-order chi connectivity index (χ1) is 10.3. The van der Waals surface area contributed by atoms with E-state index >= 15 is 0 Å². The summed E-state index contributed by atoms with van der Waals surface area (Å²) in [6.07, 6.45) is 6.39. The van der Waals surface area contributed by atoms with Gasteiger partial charge in [-0.1, -0.05) is 18.6 Å². The van der Waals surface area contributed by atoms with Crippen LogP contribution in [0.5, 0.6) is 0 Å². The molecule has 2 aromatic rings. The second-order valence-corrected chi connectivity index (χ2v) is 6.34. The zero-order valence-corrected chi connectivity index (χ0v) is 12.4. The molecule has 2 atom stereocenters. The molecule has 2 saturated heterocycles. The first-order valence-corrected chi connectivity index (χ1v) is 7.87. The number of hydrogen-bond acceptors (Lipinski definition) is 5. The van der Waals surface area contributed by atoms with Crippen LogP contribution in [0.4, 0.5) is 5.95 Å². The summed E-state index contributed by atoms with van der Waals surface area (Å²) < 4.78 is 0. The summed E-state index contributed by atoms with van der Waals surface area (Å²) in [6, 6.07) is 9.77. The Hall–Kier alpha value is -1.75. The van der Waals surface area contributed by atoms with Gasteiger partial charge in [0.1, 0.15) is 5.52 Å². The van der Waals surface area contributed by atoms with Crippen LogP contribution in [0.1, 0.15) is 32.1 Å². The van der Waals surface area contributed by atoms with Crippen LogP contribution >= 0.6 is 0 Å². The number of benzene rings is 1. The standard InChI is InChI=1S/C16H21N5/c1-21-12-5-4-6-13(21)10-11(9-12)17-16-18-14-7-2-3-8-15(14)19-20-16/h2-3,7-8,11-13H,4-6,9-10H2,1H3,(H,17,18,20). The summed E-state index contributed by atoms with van der Waals surface area (Å²) in [5.74, 6) is 0.668. The molecule has 0 amide bonds. The largest absolute Gasteiger partial charge is 0.350 e. The van der Waals surface area contributed by atoms with Crippen LogP contribution in [0.25, 0.3) is 11.0 Å². The molecule has 2 fully saturated rings. The Balaban J connectivity index is 1.52. The summed E-state index contributed by atoms with van der Waals surface area (Å²) in [7, 11) is 2.28. The molecule has 2 aliphatic heterocycles. The molecule has 21 heavy (non-hydrogen) atoms. The molecule has 0 radical (unpaired) electrons. The average Bonchev–Trinajstić information content (AvgIpc) is 2.48. The molecule has 5 nitrogen and oxygen atoms in total. The first kappa shape index (κ1) is 13.0. The highest BCUT2D eigenvalue weighted by Gasteiger charge is 2.36. The zero-order chi connectivity index (χ0) is 14.2. The van der Waals surface area contributed by atoms with Crippen LogP contribution in [0.3, 0.4) is 0 Å². The van der Waals surface area contributed by atoms with Crippen LogP contribution < -0.4 is 5.32 Å². The summed E-state index contributed by atoms with van der Waals surface area (Å²) in [5.41, 5.74) is 1.76. The van der Waals surface area contributed by atoms with Gasteiger partial charge in [-0.15, -0.1) is 10.2 Å². The van der Waals surface area contributed by atoms with Gasteiger partial charge < -0.3 is 10.2 Å². The number of hydrogen-bond donors (Lipinski definition) is 1. The van der Waals surface area contributed by atoms with E-state index in [-0.39, 0.29) is 0 Å². The molecule has 0 aliphatic carbocycles. The molecule has 1 N–H and O–H groups in total. The molecule has 2 aliphatic rings. The highest BCUT2D eigenvalue weighted by molar-refractivity contribution is 5.74. The quantitative estimate of drug-likeness (QED) is 0.917. The minimum atomic E-state index is 0.472. The maximum atomic E-state index is 4.58. The predicted octanol–water partition coefficient (Wildman–Crippen LogP) is 2.45. The fraction of sp³-hybridized carbons (Fsp3) is 0.562. The lowest BCUT2D eigenvalue weighted by Crippen LogP contribution is -2.52. The van der Waals surface area contributed by atoms with Gasteiger partial charge in [0, 0.05) is 18.1 Å². The molecule has 2 unspecified atom stereocenters. The van der Waals surface area contributed by atoms with Crippen LogP contribution in [0.2, 0.25) is 0 Å². The van der Waals surface area contributed by atoms with Crippen molar-refractivity contribution < 1.29 is 0 Å². The third kappa shape index (κ3) is 2.46. The Morgan fingerprint density at radius 1 is 1.05 bits per heavy atom. The van der Waals surface area contributed by atoms with Crippen molar-refractivity contribution in [1.82, 2.24) is 20.1 Å². The van der Waals surface area contributed by atoms with E-state index in [1.165, 1.54) is 32.1 Å². The van der Waals surface area contributed by atoms with Crippen molar-refractivity contribution in [2.24, 2.45) is 0 Å². The van der Waals surface area contributed by atoms with Crippen LogP contribution in [0, 0.1) is 0 Å². The Kier molecular flexibility index (Phi) is 3.22. The van der Waals surface area contributed by atoms with E-state index in [2.05, 4.69) is 32.4 Å². The maximum Gasteiger partial charge on any atom is 0.243 e. The summed E-state index contributed by atoms with van der Waals surface area (Å²) >= 11 is 0. The monoisotopic (exact) mass is 283 g/mol. The molecule has 5 heteroatoms. The van der Waals surface area contributed by atoms with Gasteiger partial charge >= 0.3 is 0 Å². The molecule has 110 valence electrons. The number of rotatable bonds is 2. The Morgan fingerprint density at radius 3 is 2.52 bits per heavy atom. The van der Waals surface area contributed by atoms with E-state index < -0.39 is 0 Å². The van der Waals surface area contributed by atoms with Crippen molar-refractivity contribution in [3.05, 3.63) is 24.3 Å². The molecule has 3 heterocycles. The van der Waals surface area contributed by atoms with E-state index in [1.807, 2.05) is 24.3 Å². The molecule has 0 saturated carbocycles. The van der Waals surface area contributed by atoms with E-state index in [0.29, 0.717) is 24.1 Å². The second kappa shape index (κ2) is 5.22. The lowest BCUT2D eigenvalue weighted by molar-refractivity contribution is 0.0607. The van der Waals surface area contributed by atoms with Gasteiger partial charge in [0.2, 0.25) is 5.95 Å². The second-order valence-electron chi connectivity index (χ2n) is 6.34. The fourth-order valence-corrected chi connectivity index (χ4v) is 3.86. The molecular weight excluding hydrogens is 262 g/mol. The van der Waals surface area contributed by atoms with Gasteiger partial charge in [-0.3, -0.25) is 0 Å². The lowest BCUT2D eigenvalue weighted by atomic mass is 9.82. The van der Waals surface area contributed by atoms with Gasteiger partial charge in [-0.25, -0.2) is 4.98 Å². The van der Waals surface area contributed by atoms with Crippen molar-refractivity contribution >= 4 is 17.0 Å². The molecule has 2 bridgehead atoms. The lowest BCUT2D eigenvalue weighted by Gasteiger charge is -2.47. The molecule has 0 spiro atoms. The van der Waals surface area contributed by atoms with Gasteiger partial charge in [-0.2, -0.15) is 0 Å². The normalized spacial score (nSPS) is 29.5. The minimum absolute atomic E-state index is 0.472. The SMILES string of the molecule is CN1C2CCCC1CC(Nc1nnc3ccccc3n1)C2. The van der Waals surface area contributed by atoms with Crippen molar-refractivity contribution in [3.63, 3.8) is 0 Å². The summed E-state index contributed by atoms with van der Waals surface area (Å²) in [6.45, 7) is 0. The molecular formula is C16H21N5. The predicted molar refractivity (Wildman–Crippen MR) is 83.2 cm³/mol. The minimum Gasteiger partial charge on any atom is -0.350 e. The highest BCUT2D eigenvalue weighted by atomic mass is 15.3. The number of fused-ring (bicyclic) bond motifs is 3. The third-order valence-electron chi connectivity index (χ3n) is 5.03. The number of nitrogens with zero attached hydrogens (tertiary/aromatic N) is 4. The van der Waals surface area contributed by atoms with Gasteiger partial charge in [-0.05, 0) is 44.9 Å². The summed E-state index contributed by atoms with van der Waals surface area (Å²) in [4.78, 5) is 7.15. The van der Waals surface area contributed by atoms with Gasteiger partial charge in [0.25, 0.3) is 0 Å². The maximum absolute atomic E-state index is 4.58. The smallest absolute Gasteiger partial charge is 0.243 e. The number of para-hydroxylation sites is 1.